The Hall–Kier alpha value is -2.30. The van der Waals surface area contributed by atoms with Crippen molar-refractivity contribution in [2.45, 2.75) is 19.4 Å². The Morgan fingerprint density at radius 1 is 1.33 bits per heavy atom. The Morgan fingerprint density at radius 3 is 2.89 bits per heavy atom. The van der Waals surface area contributed by atoms with Crippen LogP contribution in [0.5, 0.6) is 5.75 Å². The molecule has 146 valence electrons. The molecule has 4 N–H and O–H groups in total. The number of rotatable bonds is 3. The second kappa shape index (κ2) is 7.37. The number of hydrogen-bond donors (Lipinski definition) is 4. The molecule has 1 amide bonds. The third-order valence-electron chi connectivity index (χ3n) is 4.64. The lowest BCUT2D eigenvalue weighted by Gasteiger charge is -2.18. The molecular weight excluding hydrogens is 394 g/mol. The number of nitrogens with zero attached hydrogens (tertiary/aromatic N) is 2. The summed E-state index contributed by atoms with van der Waals surface area (Å²) in [6.07, 6.45) is 1.32. The number of hydrogen-bond acceptors (Lipinski definition) is 6. The number of phenolic OH excluding ortho intramolecular Hbond substituents is 1. The Balaban J connectivity index is 0.00000210. The molecule has 1 aromatic carbocycles. The van der Waals surface area contributed by atoms with Gasteiger partial charge in [0.2, 0.25) is 10.0 Å². The highest BCUT2D eigenvalue weighted by atomic mass is 35.5. The summed E-state index contributed by atoms with van der Waals surface area (Å²) in [5.74, 6) is -0.494. The van der Waals surface area contributed by atoms with Crippen LogP contribution in [0.25, 0.3) is 0 Å². The molecule has 3 heterocycles. The predicted molar refractivity (Wildman–Crippen MR) is 103 cm³/mol. The quantitative estimate of drug-likeness (QED) is 0.555. The standard InChI is InChI=1S/C16H19N5O4S.ClH/c22-14-3-2-10(21-6-1-7-26(21,24)25)8-13(14)18-16(23)15-11-9-17-5-4-12(11)19-20-15;/h2-3,8,17,22H,1,4-7,9H2,(H,18,23)(H,19,20);1H. The number of benzene rings is 1. The fraction of sp³-hybridized carbons (Fsp3) is 0.375. The molecule has 1 fully saturated rings. The molecule has 2 aromatic rings. The smallest absolute Gasteiger partial charge is 0.276 e. The fourth-order valence-electron chi connectivity index (χ4n) is 3.30. The van der Waals surface area contributed by atoms with Crippen LogP contribution in [0, 0.1) is 0 Å². The van der Waals surface area contributed by atoms with E-state index >= 15 is 0 Å². The zero-order chi connectivity index (χ0) is 18.3. The van der Waals surface area contributed by atoms with Gasteiger partial charge in [0.05, 0.1) is 17.1 Å². The van der Waals surface area contributed by atoms with E-state index in [-0.39, 0.29) is 35.3 Å². The number of nitrogens with one attached hydrogen (secondary N) is 3. The number of halogens is 1. The first-order chi connectivity index (χ1) is 12.5. The maximum absolute atomic E-state index is 12.6. The van der Waals surface area contributed by atoms with Gasteiger partial charge in [-0.05, 0) is 24.6 Å². The Labute approximate surface area is 162 Å². The van der Waals surface area contributed by atoms with E-state index in [0.717, 1.165) is 24.2 Å². The largest absolute Gasteiger partial charge is 0.506 e. The van der Waals surface area contributed by atoms with Gasteiger partial charge in [0.15, 0.2) is 5.69 Å². The fourth-order valence-corrected chi connectivity index (χ4v) is 4.86. The number of aromatic hydroxyl groups is 1. The number of phenols is 1. The lowest BCUT2D eigenvalue weighted by Crippen LogP contribution is -2.26. The number of aromatic amines is 1. The number of H-pyrrole nitrogens is 1. The van der Waals surface area contributed by atoms with Crippen LogP contribution in [0.15, 0.2) is 18.2 Å². The van der Waals surface area contributed by atoms with E-state index in [4.69, 9.17) is 0 Å². The molecule has 0 bridgehead atoms. The molecule has 9 nitrogen and oxygen atoms in total. The number of aromatic nitrogens is 2. The van der Waals surface area contributed by atoms with Gasteiger partial charge in [-0.2, -0.15) is 5.10 Å². The van der Waals surface area contributed by atoms with Crippen LogP contribution in [0.2, 0.25) is 0 Å². The van der Waals surface area contributed by atoms with Crippen molar-refractivity contribution in [3.63, 3.8) is 0 Å². The average molecular weight is 414 g/mol. The van der Waals surface area contributed by atoms with Gasteiger partial charge in [-0.1, -0.05) is 0 Å². The second-order valence-corrected chi connectivity index (χ2v) is 8.37. The lowest BCUT2D eigenvalue weighted by atomic mass is 10.1. The molecule has 11 heteroatoms. The summed E-state index contributed by atoms with van der Waals surface area (Å²) >= 11 is 0. The molecule has 2 aliphatic heterocycles. The highest BCUT2D eigenvalue weighted by molar-refractivity contribution is 7.93. The minimum Gasteiger partial charge on any atom is -0.506 e. The molecule has 0 saturated carbocycles. The van der Waals surface area contributed by atoms with Crippen LogP contribution < -0.4 is 14.9 Å². The highest BCUT2D eigenvalue weighted by Gasteiger charge is 2.29. The molecule has 0 aliphatic carbocycles. The summed E-state index contributed by atoms with van der Waals surface area (Å²) in [5.41, 5.74) is 2.57. The molecule has 1 saturated heterocycles. The van der Waals surface area contributed by atoms with Crippen molar-refractivity contribution in [3.8, 4) is 5.75 Å². The van der Waals surface area contributed by atoms with Crippen molar-refractivity contribution < 1.29 is 18.3 Å². The van der Waals surface area contributed by atoms with Crippen molar-refractivity contribution in [3.05, 3.63) is 35.2 Å². The minimum absolute atomic E-state index is 0. The number of carbonyl (C=O) groups is 1. The number of carbonyl (C=O) groups excluding carboxylic acids is 1. The normalized spacial score (nSPS) is 17.9. The number of amides is 1. The Bertz CT molecular complexity index is 975. The predicted octanol–water partition coefficient (Wildman–Crippen LogP) is 0.975. The van der Waals surface area contributed by atoms with Crippen molar-refractivity contribution in [1.29, 1.82) is 0 Å². The molecule has 2 aliphatic rings. The number of anilines is 2. The lowest BCUT2D eigenvalue weighted by molar-refractivity contribution is 0.102. The maximum atomic E-state index is 12.6. The second-order valence-electron chi connectivity index (χ2n) is 6.35. The summed E-state index contributed by atoms with van der Waals surface area (Å²) in [5, 5.41) is 22.8. The van der Waals surface area contributed by atoms with Gasteiger partial charge in [-0.25, -0.2) is 8.42 Å². The first-order valence-corrected chi connectivity index (χ1v) is 9.98. The van der Waals surface area contributed by atoms with E-state index < -0.39 is 15.9 Å². The number of fused-ring (bicyclic) bond motifs is 1. The summed E-state index contributed by atoms with van der Waals surface area (Å²) in [7, 11) is -3.34. The Kier molecular flexibility index (Phi) is 5.31. The van der Waals surface area contributed by atoms with Crippen LogP contribution in [0.1, 0.15) is 28.2 Å². The molecular formula is C16H20ClN5O4S. The third kappa shape index (κ3) is 3.60. The van der Waals surface area contributed by atoms with Gasteiger partial charge in [0.25, 0.3) is 5.91 Å². The Morgan fingerprint density at radius 2 is 2.15 bits per heavy atom. The van der Waals surface area contributed by atoms with Crippen molar-refractivity contribution >= 4 is 39.7 Å². The summed E-state index contributed by atoms with van der Waals surface area (Å²) in [6, 6.07) is 4.36. The first-order valence-electron chi connectivity index (χ1n) is 8.37. The molecule has 0 atom stereocenters. The van der Waals surface area contributed by atoms with E-state index in [1.165, 1.54) is 22.5 Å². The average Bonchev–Trinajstić information content (AvgIpc) is 3.19. The van der Waals surface area contributed by atoms with Gasteiger partial charge in [0, 0.05) is 37.3 Å². The zero-order valence-electron chi connectivity index (χ0n) is 14.4. The van der Waals surface area contributed by atoms with E-state index in [0.29, 0.717) is 25.2 Å². The van der Waals surface area contributed by atoms with E-state index in [9.17, 15) is 18.3 Å². The topological polar surface area (TPSA) is 127 Å². The van der Waals surface area contributed by atoms with E-state index in [1.807, 2.05) is 0 Å². The SMILES string of the molecule is Cl.O=C(Nc1cc(N2CCCS2(=O)=O)ccc1O)c1n[nH]c2c1CNCC2. The molecule has 1 aromatic heterocycles. The third-order valence-corrected chi connectivity index (χ3v) is 6.51. The summed E-state index contributed by atoms with van der Waals surface area (Å²) in [4.78, 5) is 12.6. The molecule has 4 rings (SSSR count). The van der Waals surface area contributed by atoms with E-state index in [1.54, 1.807) is 0 Å². The van der Waals surface area contributed by atoms with Crippen LogP contribution in [-0.2, 0) is 23.0 Å². The minimum atomic E-state index is -3.34. The van der Waals surface area contributed by atoms with Crippen LogP contribution in [-0.4, -0.2) is 48.5 Å². The molecule has 0 spiro atoms. The van der Waals surface area contributed by atoms with Crippen LogP contribution in [0.4, 0.5) is 11.4 Å². The maximum Gasteiger partial charge on any atom is 0.276 e. The van der Waals surface area contributed by atoms with Crippen molar-refractivity contribution in [1.82, 2.24) is 15.5 Å². The van der Waals surface area contributed by atoms with Crippen LogP contribution in [0.3, 0.4) is 0 Å². The zero-order valence-corrected chi connectivity index (χ0v) is 16.0. The van der Waals surface area contributed by atoms with Crippen LogP contribution >= 0.6 is 12.4 Å². The highest BCUT2D eigenvalue weighted by Crippen LogP contribution is 2.32. The number of sulfonamides is 1. The summed E-state index contributed by atoms with van der Waals surface area (Å²) < 4.78 is 25.5. The van der Waals surface area contributed by atoms with Gasteiger partial charge < -0.3 is 15.7 Å². The monoisotopic (exact) mass is 413 g/mol. The van der Waals surface area contributed by atoms with Gasteiger partial charge in [-0.3, -0.25) is 14.2 Å². The van der Waals surface area contributed by atoms with Gasteiger partial charge in [-0.15, -0.1) is 12.4 Å². The summed E-state index contributed by atoms with van der Waals surface area (Å²) in [6.45, 7) is 1.76. The van der Waals surface area contributed by atoms with Gasteiger partial charge >= 0.3 is 0 Å². The van der Waals surface area contributed by atoms with E-state index in [2.05, 4.69) is 20.8 Å². The van der Waals surface area contributed by atoms with Crippen molar-refractivity contribution in [2.24, 2.45) is 0 Å². The molecule has 0 unspecified atom stereocenters. The molecule has 0 radical (unpaired) electrons. The van der Waals surface area contributed by atoms with Gasteiger partial charge in [0.1, 0.15) is 5.75 Å². The van der Waals surface area contributed by atoms with Crippen molar-refractivity contribution in [2.75, 3.05) is 28.5 Å². The first kappa shape index (κ1) is 19.5. The molecule has 27 heavy (non-hydrogen) atoms.